The maximum Gasteiger partial charge on any atom is 0.262 e. The molecule has 2 aromatic heterocycles. The molecule has 5 rings (SSSR count). The minimum absolute atomic E-state index is 0.00964. The van der Waals surface area contributed by atoms with Crippen molar-refractivity contribution in [3.8, 4) is 5.75 Å². The lowest BCUT2D eigenvalue weighted by atomic mass is 9.69. The van der Waals surface area contributed by atoms with E-state index in [0.29, 0.717) is 6.54 Å². The average Bonchev–Trinajstić information content (AvgIpc) is 3.38. The molecule has 10 heteroatoms. The molecular formula is C23H31N5O4S. The molecule has 178 valence electrons. The summed E-state index contributed by atoms with van der Waals surface area (Å²) in [5.74, 6) is 0.747. The zero-order chi connectivity index (χ0) is 23.5. The van der Waals surface area contributed by atoms with Crippen molar-refractivity contribution in [1.29, 1.82) is 0 Å². The van der Waals surface area contributed by atoms with Crippen LogP contribution in [0, 0.1) is 0 Å². The number of sulfonamides is 1. The Morgan fingerprint density at radius 1 is 1.21 bits per heavy atom. The SMILES string of the molecule is COc1ccc2c3c(n(C)c2c1)[C@H](CO)N(S(=O)(=O)c1cn(C)cn1)CC31CCN(C)CC1. The Hall–Kier alpha value is -2.40. The Balaban J connectivity index is 1.77. The largest absolute Gasteiger partial charge is 0.497 e. The molecule has 0 unspecified atom stereocenters. The van der Waals surface area contributed by atoms with E-state index in [1.807, 2.05) is 23.7 Å². The predicted molar refractivity (Wildman–Crippen MR) is 125 cm³/mol. The number of likely N-dealkylation sites (tertiary alicyclic amines) is 1. The zero-order valence-electron chi connectivity index (χ0n) is 19.5. The summed E-state index contributed by atoms with van der Waals surface area (Å²) in [7, 11) is 3.53. The topological polar surface area (TPSA) is 92.8 Å². The van der Waals surface area contributed by atoms with Crippen molar-refractivity contribution < 1.29 is 18.3 Å². The predicted octanol–water partition coefficient (Wildman–Crippen LogP) is 1.62. The van der Waals surface area contributed by atoms with Gasteiger partial charge in [-0.25, -0.2) is 13.4 Å². The summed E-state index contributed by atoms with van der Waals surface area (Å²) in [6.45, 7) is 1.78. The molecule has 0 bridgehead atoms. The molecule has 1 saturated heterocycles. The maximum absolute atomic E-state index is 13.8. The number of ether oxygens (including phenoxy) is 1. The van der Waals surface area contributed by atoms with E-state index in [1.165, 1.54) is 22.4 Å². The van der Waals surface area contributed by atoms with Crippen LogP contribution in [0.5, 0.6) is 5.75 Å². The Morgan fingerprint density at radius 3 is 2.55 bits per heavy atom. The van der Waals surface area contributed by atoms with E-state index in [-0.39, 0.29) is 17.0 Å². The van der Waals surface area contributed by atoms with Crippen LogP contribution in [0.1, 0.15) is 30.1 Å². The molecule has 0 saturated carbocycles. The van der Waals surface area contributed by atoms with E-state index in [0.717, 1.165) is 48.3 Å². The molecule has 33 heavy (non-hydrogen) atoms. The minimum Gasteiger partial charge on any atom is -0.497 e. The van der Waals surface area contributed by atoms with Gasteiger partial charge in [0.05, 0.1) is 31.6 Å². The lowest BCUT2D eigenvalue weighted by molar-refractivity contribution is 0.103. The standard InChI is InChI=1S/C23H31N5O4S/c1-25-9-7-23(8-10-25)14-28(33(30,31)20-12-26(2)15-24-20)19(13-29)22-21(23)17-6-5-16(32-4)11-18(17)27(22)3/h5-6,11-12,15,19,29H,7-10,13-14H2,1-4H3/t19-/m0/s1. The fraction of sp³-hybridized carbons (Fsp3) is 0.522. The number of aliphatic hydroxyl groups is 1. The lowest BCUT2D eigenvalue weighted by Gasteiger charge is -2.49. The van der Waals surface area contributed by atoms with Gasteiger partial charge in [-0.2, -0.15) is 4.31 Å². The van der Waals surface area contributed by atoms with Crippen LogP contribution in [0.2, 0.25) is 0 Å². The number of hydrogen-bond donors (Lipinski definition) is 1. The van der Waals surface area contributed by atoms with Gasteiger partial charge >= 0.3 is 0 Å². The van der Waals surface area contributed by atoms with Crippen LogP contribution in [0.3, 0.4) is 0 Å². The monoisotopic (exact) mass is 473 g/mol. The molecule has 1 aromatic carbocycles. The first-order chi connectivity index (χ1) is 15.7. The number of benzene rings is 1. The summed E-state index contributed by atoms with van der Waals surface area (Å²) >= 11 is 0. The Bertz CT molecular complexity index is 1300. The van der Waals surface area contributed by atoms with Gasteiger partial charge in [0.15, 0.2) is 5.03 Å². The number of nitrogens with zero attached hydrogens (tertiary/aromatic N) is 5. The Labute approximate surface area is 194 Å². The second-order valence-corrected chi connectivity index (χ2v) is 11.2. The number of fused-ring (bicyclic) bond motifs is 4. The molecule has 0 aliphatic carbocycles. The fourth-order valence-electron chi connectivity index (χ4n) is 5.66. The smallest absolute Gasteiger partial charge is 0.262 e. The van der Waals surface area contributed by atoms with Gasteiger partial charge in [-0.05, 0) is 50.7 Å². The first-order valence-corrected chi connectivity index (χ1v) is 12.6. The van der Waals surface area contributed by atoms with E-state index in [1.54, 1.807) is 18.7 Å². The first-order valence-electron chi connectivity index (χ1n) is 11.2. The Morgan fingerprint density at radius 2 is 1.94 bits per heavy atom. The number of aryl methyl sites for hydroxylation is 2. The normalized spacial score (nSPS) is 21.5. The molecular weight excluding hydrogens is 442 g/mol. The van der Waals surface area contributed by atoms with Crippen LogP contribution >= 0.6 is 0 Å². The average molecular weight is 474 g/mol. The number of imidazole rings is 1. The van der Waals surface area contributed by atoms with Gasteiger partial charge in [-0.15, -0.1) is 0 Å². The van der Waals surface area contributed by atoms with Crippen LogP contribution in [0.4, 0.5) is 0 Å². The minimum atomic E-state index is -3.91. The van der Waals surface area contributed by atoms with Crippen LogP contribution in [-0.4, -0.2) is 77.2 Å². The fourth-order valence-corrected chi connectivity index (χ4v) is 7.30. The lowest BCUT2D eigenvalue weighted by Crippen LogP contribution is -2.55. The van der Waals surface area contributed by atoms with Gasteiger partial charge in [0.25, 0.3) is 10.0 Å². The number of rotatable bonds is 4. The van der Waals surface area contributed by atoms with Gasteiger partial charge in [0, 0.05) is 49.4 Å². The maximum atomic E-state index is 13.8. The summed E-state index contributed by atoms with van der Waals surface area (Å²) < 4.78 is 38.2. The van der Waals surface area contributed by atoms with Gasteiger partial charge in [-0.1, -0.05) is 0 Å². The number of methoxy groups -OCH3 is 1. The molecule has 2 aliphatic heterocycles. The molecule has 2 aliphatic rings. The molecule has 0 amide bonds. The van der Waals surface area contributed by atoms with E-state index in [2.05, 4.69) is 23.0 Å². The van der Waals surface area contributed by atoms with Crippen molar-refractivity contribution >= 4 is 20.9 Å². The van der Waals surface area contributed by atoms with Crippen LogP contribution in [-0.2, 0) is 29.5 Å². The van der Waals surface area contributed by atoms with Crippen molar-refractivity contribution in [2.24, 2.45) is 14.1 Å². The first kappa shape index (κ1) is 22.4. The molecule has 4 heterocycles. The van der Waals surface area contributed by atoms with Gasteiger partial charge in [0.2, 0.25) is 0 Å². The summed E-state index contributed by atoms with van der Waals surface area (Å²) in [5, 5.41) is 11.6. The van der Waals surface area contributed by atoms with E-state index >= 15 is 0 Å². The zero-order valence-corrected chi connectivity index (χ0v) is 20.3. The molecule has 1 fully saturated rings. The van der Waals surface area contributed by atoms with Gasteiger partial charge in [0.1, 0.15) is 5.75 Å². The van der Waals surface area contributed by atoms with Crippen LogP contribution < -0.4 is 4.74 Å². The summed E-state index contributed by atoms with van der Waals surface area (Å²) in [5.41, 5.74) is 2.66. The highest BCUT2D eigenvalue weighted by atomic mass is 32.2. The van der Waals surface area contributed by atoms with Gasteiger partial charge in [-0.3, -0.25) is 0 Å². The Kier molecular flexibility index (Phi) is 5.32. The number of aliphatic hydroxyl groups excluding tert-OH is 1. The van der Waals surface area contributed by atoms with Crippen molar-refractivity contribution in [2.75, 3.05) is 40.4 Å². The summed E-state index contributed by atoms with van der Waals surface area (Å²) in [6.07, 6.45) is 4.69. The summed E-state index contributed by atoms with van der Waals surface area (Å²) in [4.78, 5) is 6.43. The second kappa shape index (κ2) is 7.83. The molecule has 1 N–H and O–H groups in total. The third-order valence-electron chi connectivity index (χ3n) is 7.48. The van der Waals surface area contributed by atoms with Crippen LogP contribution in [0.25, 0.3) is 10.9 Å². The van der Waals surface area contributed by atoms with Crippen molar-refractivity contribution in [2.45, 2.75) is 29.3 Å². The summed E-state index contributed by atoms with van der Waals surface area (Å²) in [6, 6.07) is 5.32. The van der Waals surface area contributed by atoms with E-state index in [4.69, 9.17) is 4.74 Å². The molecule has 0 radical (unpaired) electrons. The van der Waals surface area contributed by atoms with Crippen molar-refractivity contribution in [3.05, 3.63) is 42.0 Å². The van der Waals surface area contributed by atoms with Crippen molar-refractivity contribution in [3.63, 3.8) is 0 Å². The molecule has 1 spiro atoms. The van der Waals surface area contributed by atoms with E-state index in [9.17, 15) is 13.5 Å². The number of piperidine rings is 1. The number of hydrogen-bond acceptors (Lipinski definition) is 6. The number of aromatic nitrogens is 3. The molecule has 1 atom stereocenters. The molecule has 9 nitrogen and oxygen atoms in total. The third-order valence-corrected chi connectivity index (χ3v) is 9.22. The third kappa shape index (κ3) is 3.30. The highest BCUT2D eigenvalue weighted by Gasteiger charge is 2.51. The van der Waals surface area contributed by atoms with Crippen molar-refractivity contribution in [1.82, 2.24) is 23.3 Å². The highest BCUT2D eigenvalue weighted by Crippen LogP contribution is 2.51. The van der Waals surface area contributed by atoms with E-state index < -0.39 is 16.1 Å². The highest BCUT2D eigenvalue weighted by molar-refractivity contribution is 7.89. The van der Waals surface area contributed by atoms with Gasteiger partial charge < -0.3 is 23.9 Å². The quantitative estimate of drug-likeness (QED) is 0.619. The second-order valence-electron chi connectivity index (χ2n) is 9.41. The van der Waals surface area contributed by atoms with Crippen LogP contribution in [0.15, 0.2) is 35.7 Å². The molecule has 3 aromatic rings.